The van der Waals surface area contributed by atoms with Crippen molar-refractivity contribution in [2.75, 3.05) is 0 Å². The van der Waals surface area contributed by atoms with Crippen molar-refractivity contribution in [2.24, 2.45) is 0 Å². The monoisotopic (exact) mass is 268 g/mol. The Bertz CT molecular complexity index is 186. The summed E-state index contributed by atoms with van der Waals surface area (Å²) in [6.45, 7) is 4.31. The lowest BCUT2D eigenvalue weighted by Gasteiger charge is -2.03. The molecule has 0 aliphatic rings. The van der Waals surface area contributed by atoms with E-state index in [4.69, 9.17) is 0 Å². The Morgan fingerprint density at radius 2 is 1.26 bits per heavy atom. The second-order valence-electron chi connectivity index (χ2n) is 5.73. The molecule has 0 saturated heterocycles. The van der Waals surface area contributed by atoms with Crippen LogP contribution in [0.3, 0.4) is 0 Å². The molecule has 0 spiro atoms. The lowest BCUT2D eigenvalue weighted by Crippen LogP contribution is -2.02. The molecule has 1 N–H and O–H groups in total. The van der Waals surface area contributed by atoms with E-state index in [1.165, 1.54) is 64.2 Å². The van der Waals surface area contributed by atoms with Crippen molar-refractivity contribution in [2.45, 2.75) is 103 Å². The van der Waals surface area contributed by atoms with Gasteiger partial charge in [-0.3, -0.25) is 0 Å². The van der Waals surface area contributed by atoms with E-state index in [1.54, 1.807) is 0 Å². The van der Waals surface area contributed by atoms with Crippen LogP contribution in [0.25, 0.3) is 0 Å². The SMILES string of the molecule is CCCCCCCCCCCC=CCCC(O)CC. The molecule has 0 heterocycles. The number of hydrogen-bond donors (Lipinski definition) is 1. The van der Waals surface area contributed by atoms with E-state index < -0.39 is 0 Å². The number of allylic oxidation sites excluding steroid dienone is 2. The number of rotatable bonds is 14. The highest BCUT2D eigenvalue weighted by Crippen LogP contribution is 2.11. The first-order chi connectivity index (χ1) is 9.31. The summed E-state index contributed by atoms with van der Waals surface area (Å²) >= 11 is 0. The Kier molecular flexibility index (Phi) is 15.5. The molecular formula is C18H36O. The van der Waals surface area contributed by atoms with Gasteiger partial charge in [-0.25, -0.2) is 0 Å². The summed E-state index contributed by atoms with van der Waals surface area (Å²) in [5.74, 6) is 0. The zero-order chi connectivity index (χ0) is 14.2. The van der Waals surface area contributed by atoms with Crippen molar-refractivity contribution < 1.29 is 5.11 Å². The van der Waals surface area contributed by atoms with Crippen LogP contribution in [0.4, 0.5) is 0 Å². The van der Waals surface area contributed by atoms with E-state index in [-0.39, 0.29) is 6.10 Å². The third kappa shape index (κ3) is 15.6. The van der Waals surface area contributed by atoms with Gasteiger partial charge in [0.25, 0.3) is 0 Å². The summed E-state index contributed by atoms with van der Waals surface area (Å²) in [6.07, 6.45) is 21.1. The molecule has 1 unspecified atom stereocenters. The summed E-state index contributed by atoms with van der Waals surface area (Å²) in [4.78, 5) is 0. The average Bonchev–Trinajstić information content (AvgIpc) is 2.43. The standard InChI is InChI=1S/C18H36O/c1-3-5-6-7-8-9-10-11-12-13-14-15-16-17-18(19)4-2/h14-15,18-19H,3-13,16-17H2,1-2H3. The summed E-state index contributed by atoms with van der Waals surface area (Å²) in [5, 5.41) is 9.40. The van der Waals surface area contributed by atoms with Crippen molar-refractivity contribution in [3.63, 3.8) is 0 Å². The highest BCUT2D eigenvalue weighted by Gasteiger charge is 1.96. The van der Waals surface area contributed by atoms with Gasteiger partial charge in [0.15, 0.2) is 0 Å². The van der Waals surface area contributed by atoms with Crippen LogP contribution in [0.2, 0.25) is 0 Å². The maximum Gasteiger partial charge on any atom is 0.0540 e. The van der Waals surface area contributed by atoms with Gasteiger partial charge < -0.3 is 5.11 Å². The van der Waals surface area contributed by atoms with Crippen LogP contribution in [0, 0.1) is 0 Å². The van der Waals surface area contributed by atoms with Crippen LogP contribution in [-0.2, 0) is 0 Å². The third-order valence-electron chi connectivity index (χ3n) is 3.78. The lowest BCUT2D eigenvalue weighted by molar-refractivity contribution is 0.161. The predicted octanol–water partition coefficient (Wildman–Crippen LogP) is 6.01. The molecule has 114 valence electrons. The van der Waals surface area contributed by atoms with Crippen molar-refractivity contribution in [3.05, 3.63) is 12.2 Å². The number of aliphatic hydroxyl groups excluding tert-OH is 1. The smallest absolute Gasteiger partial charge is 0.0540 e. The molecule has 0 aliphatic carbocycles. The van der Waals surface area contributed by atoms with Crippen molar-refractivity contribution >= 4 is 0 Å². The summed E-state index contributed by atoms with van der Waals surface area (Å²) in [5.41, 5.74) is 0. The fourth-order valence-electron chi connectivity index (χ4n) is 2.30. The fraction of sp³-hybridized carbons (Fsp3) is 0.889. The second kappa shape index (κ2) is 15.8. The van der Waals surface area contributed by atoms with E-state index in [0.717, 1.165) is 19.3 Å². The molecule has 0 radical (unpaired) electrons. The quantitative estimate of drug-likeness (QED) is 0.302. The van der Waals surface area contributed by atoms with Gasteiger partial charge in [-0.15, -0.1) is 0 Å². The normalized spacial score (nSPS) is 13.2. The summed E-state index contributed by atoms with van der Waals surface area (Å²) in [7, 11) is 0. The molecule has 0 fully saturated rings. The summed E-state index contributed by atoms with van der Waals surface area (Å²) < 4.78 is 0. The fourth-order valence-corrected chi connectivity index (χ4v) is 2.30. The molecule has 0 aromatic carbocycles. The molecule has 1 atom stereocenters. The second-order valence-corrected chi connectivity index (χ2v) is 5.73. The maximum absolute atomic E-state index is 9.40. The van der Waals surface area contributed by atoms with E-state index in [2.05, 4.69) is 19.1 Å². The molecule has 0 amide bonds. The molecule has 0 aliphatic heterocycles. The zero-order valence-corrected chi connectivity index (χ0v) is 13.4. The number of unbranched alkanes of at least 4 members (excludes halogenated alkanes) is 9. The van der Waals surface area contributed by atoms with Gasteiger partial charge in [-0.2, -0.15) is 0 Å². The number of hydrogen-bond acceptors (Lipinski definition) is 1. The molecule has 0 aromatic rings. The largest absolute Gasteiger partial charge is 0.393 e. The number of aliphatic hydroxyl groups is 1. The van der Waals surface area contributed by atoms with Gasteiger partial charge in [0.05, 0.1) is 6.10 Å². The molecule has 1 heteroatoms. The molecular weight excluding hydrogens is 232 g/mol. The van der Waals surface area contributed by atoms with Crippen molar-refractivity contribution in [3.8, 4) is 0 Å². The minimum absolute atomic E-state index is 0.0997. The summed E-state index contributed by atoms with van der Waals surface area (Å²) in [6, 6.07) is 0. The van der Waals surface area contributed by atoms with E-state index >= 15 is 0 Å². The minimum Gasteiger partial charge on any atom is -0.393 e. The van der Waals surface area contributed by atoms with Gasteiger partial charge in [0.2, 0.25) is 0 Å². The van der Waals surface area contributed by atoms with Crippen molar-refractivity contribution in [1.29, 1.82) is 0 Å². The van der Waals surface area contributed by atoms with E-state index in [9.17, 15) is 5.11 Å². The Balaban J connectivity index is 3.07. The lowest BCUT2D eigenvalue weighted by atomic mass is 10.1. The molecule has 0 saturated carbocycles. The van der Waals surface area contributed by atoms with Crippen LogP contribution in [0.5, 0.6) is 0 Å². The van der Waals surface area contributed by atoms with Crippen LogP contribution in [0.1, 0.15) is 97.3 Å². The first-order valence-corrected chi connectivity index (χ1v) is 8.64. The third-order valence-corrected chi connectivity index (χ3v) is 3.78. The minimum atomic E-state index is -0.0997. The predicted molar refractivity (Wildman–Crippen MR) is 86.5 cm³/mol. The topological polar surface area (TPSA) is 20.2 Å². The highest BCUT2D eigenvalue weighted by molar-refractivity contribution is 4.82. The van der Waals surface area contributed by atoms with Gasteiger partial charge in [-0.05, 0) is 32.1 Å². The molecule has 0 rings (SSSR count). The van der Waals surface area contributed by atoms with Crippen LogP contribution >= 0.6 is 0 Å². The molecule has 1 nitrogen and oxygen atoms in total. The van der Waals surface area contributed by atoms with Gasteiger partial charge in [-0.1, -0.05) is 77.4 Å². The van der Waals surface area contributed by atoms with E-state index in [1.807, 2.05) is 6.92 Å². The molecule has 0 aromatic heterocycles. The Morgan fingerprint density at radius 1 is 0.737 bits per heavy atom. The maximum atomic E-state index is 9.40. The zero-order valence-electron chi connectivity index (χ0n) is 13.4. The average molecular weight is 268 g/mol. The van der Waals surface area contributed by atoms with Crippen LogP contribution in [0.15, 0.2) is 12.2 Å². The first-order valence-electron chi connectivity index (χ1n) is 8.64. The van der Waals surface area contributed by atoms with E-state index in [0.29, 0.717) is 0 Å². The van der Waals surface area contributed by atoms with Gasteiger partial charge in [0.1, 0.15) is 0 Å². The van der Waals surface area contributed by atoms with Crippen LogP contribution < -0.4 is 0 Å². The molecule has 0 bridgehead atoms. The molecule has 19 heavy (non-hydrogen) atoms. The van der Waals surface area contributed by atoms with Gasteiger partial charge >= 0.3 is 0 Å². The highest BCUT2D eigenvalue weighted by atomic mass is 16.3. The van der Waals surface area contributed by atoms with Gasteiger partial charge in [0, 0.05) is 0 Å². The Labute approximate surface area is 121 Å². The Hall–Kier alpha value is -0.300. The Morgan fingerprint density at radius 3 is 1.84 bits per heavy atom. The first kappa shape index (κ1) is 18.7. The van der Waals surface area contributed by atoms with Crippen molar-refractivity contribution in [1.82, 2.24) is 0 Å². The van der Waals surface area contributed by atoms with Crippen LogP contribution in [-0.4, -0.2) is 11.2 Å².